The molecule has 0 spiro atoms. The third-order valence-electron chi connectivity index (χ3n) is 6.03. The molecule has 0 aliphatic carbocycles. The van der Waals surface area contributed by atoms with Gasteiger partial charge in [0.05, 0.1) is 17.6 Å². The van der Waals surface area contributed by atoms with Crippen molar-refractivity contribution in [1.29, 1.82) is 0 Å². The van der Waals surface area contributed by atoms with E-state index in [4.69, 9.17) is 4.74 Å². The van der Waals surface area contributed by atoms with E-state index in [0.29, 0.717) is 12.3 Å². The van der Waals surface area contributed by atoms with Crippen LogP contribution in [0.1, 0.15) is 18.9 Å². The highest BCUT2D eigenvalue weighted by atomic mass is 16.5. The number of ether oxygens (including phenoxy) is 1. The monoisotopic (exact) mass is 442 g/mol. The normalized spacial score (nSPS) is 14.9. The number of anilines is 1. The van der Waals surface area contributed by atoms with Crippen molar-refractivity contribution in [2.24, 2.45) is 0 Å². The summed E-state index contributed by atoms with van der Waals surface area (Å²) in [4.78, 5) is 30.1. The van der Waals surface area contributed by atoms with Crippen LogP contribution in [-0.4, -0.2) is 40.0 Å². The number of likely N-dealkylation sites (tertiary alicyclic amines) is 1. The molecular formula is C26H26N4O3. The van der Waals surface area contributed by atoms with Crippen LogP contribution in [0.4, 0.5) is 5.69 Å². The Hall–Kier alpha value is -3.84. The fourth-order valence-electron chi connectivity index (χ4n) is 4.41. The minimum atomic E-state index is -0.0629. The van der Waals surface area contributed by atoms with E-state index >= 15 is 0 Å². The fourth-order valence-corrected chi connectivity index (χ4v) is 4.41. The summed E-state index contributed by atoms with van der Waals surface area (Å²) in [5.74, 6) is 1.44. The molecular weight excluding hydrogens is 416 g/mol. The van der Waals surface area contributed by atoms with Gasteiger partial charge in [-0.3, -0.25) is 14.3 Å². The Morgan fingerprint density at radius 1 is 0.909 bits per heavy atom. The summed E-state index contributed by atoms with van der Waals surface area (Å²) in [5, 5.41) is 2.96. The van der Waals surface area contributed by atoms with Crippen molar-refractivity contribution >= 4 is 22.6 Å². The van der Waals surface area contributed by atoms with Crippen molar-refractivity contribution in [2.45, 2.75) is 18.9 Å². The second-order valence-corrected chi connectivity index (χ2v) is 8.31. The van der Waals surface area contributed by atoms with Gasteiger partial charge in [0.1, 0.15) is 11.5 Å². The van der Waals surface area contributed by atoms with E-state index < -0.39 is 0 Å². The van der Waals surface area contributed by atoms with Crippen molar-refractivity contribution < 1.29 is 9.53 Å². The zero-order chi connectivity index (χ0) is 22.6. The maximum Gasteiger partial charge on any atom is 0.326 e. The maximum absolute atomic E-state index is 12.6. The minimum Gasteiger partial charge on any atom is -0.457 e. The number of rotatable bonds is 6. The Kier molecular flexibility index (Phi) is 5.95. The van der Waals surface area contributed by atoms with E-state index in [1.54, 1.807) is 0 Å². The smallest absolute Gasteiger partial charge is 0.326 e. The number of imidazole rings is 1. The van der Waals surface area contributed by atoms with Gasteiger partial charge in [-0.15, -0.1) is 0 Å². The van der Waals surface area contributed by atoms with Gasteiger partial charge in [0, 0.05) is 24.8 Å². The van der Waals surface area contributed by atoms with Crippen molar-refractivity contribution in [2.75, 3.05) is 25.0 Å². The SMILES string of the molecule is O=C(CN1CCC(n2c(=O)[nH]c3ccccc32)CC1)Nc1ccc(Oc2ccccc2)cc1. The molecule has 33 heavy (non-hydrogen) atoms. The molecule has 1 saturated heterocycles. The predicted octanol–water partition coefficient (Wildman–Crippen LogP) is 4.40. The number of para-hydroxylation sites is 3. The Bertz CT molecular complexity index is 1290. The van der Waals surface area contributed by atoms with Crippen molar-refractivity contribution in [3.8, 4) is 11.5 Å². The summed E-state index contributed by atoms with van der Waals surface area (Å²) in [7, 11) is 0. The molecule has 1 aliphatic rings. The number of hydrogen-bond acceptors (Lipinski definition) is 4. The quantitative estimate of drug-likeness (QED) is 0.464. The van der Waals surface area contributed by atoms with E-state index in [1.807, 2.05) is 83.4 Å². The van der Waals surface area contributed by atoms with Crippen molar-refractivity contribution in [1.82, 2.24) is 14.5 Å². The van der Waals surface area contributed by atoms with Crippen LogP contribution in [0.15, 0.2) is 83.7 Å². The first-order valence-electron chi connectivity index (χ1n) is 11.2. The lowest BCUT2D eigenvalue weighted by atomic mass is 10.0. The van der Waals surface area contributed by atoms with Crippen molar-refractivity contribution in [3.05, 3.63) is 89.3 Å². The molecule has 1 aromatic heterocycles. The number of piperidine rings is 1. The van der Waals surface area contributed by atoms with E-state index in [2.05, 4.69) is 15.2 Å². The Morgan fingerprint density at radius 3 is 2.33 bits per heavy atom. The summed E-state index contributed by atoms with van der Waals surface area (Å²) >= 11 is 0. The largest absolute Gasteiger partial charge is 0.457 e. The van der Waals surface area contributed by atoms with E-state index in [0.717, 1.165) is 48.4 Å². The zero-order valence-corrected chi connectivity index (χ0v) is 18.2. The van der Waals surface area contributed by atoms with Crippen LogP contribution < -0.4 is 15.7 Å². The van der Waals surface area contributed by atoms with Gasteiger partial charge in [-0.25, -0.2) is 4.79 Å². The number of nitrogens with zero attached hydrogens (tertiary/aromatic N) is 2. The van der Waals surface area contributed by atoms with Crippen LogP contribution in [0.25, 0.3) is 11.0 Å². The van der Waals surface area contributed by atoms with Gasteiger partial charge in [0.15, 0.2) is 0 Å². The number of carbonyl (C=O) groups excluding carboxylic acids is 1. The first-order valence-corrected chi connectivity index (χ1v) is 11.2. The second kappa shape index (κ2) is 9.34. The average Bonchev–Trinajstić information content (AvgIpc) is 3.17. The summed E-state index contributed by atoms with van der Waals surface area (Å²) in [6.45, 7) is 1.87. The molecule has 168 valence electrons. The minimum absolute atomic E-state index is 0.0468. The summed E-state index contributed by atoms with van der Waals surface area (Å²) < 4.78 is 7.66. The number of benzene rings is 3. The molecule has 2 N–H and O–H groups in total. The highest BCUT2D eigenvalue weighted by Crippen LogP contribution is 2.25. The number of fused-ring (bicyclic) bond motifs is 1. The van der Waals surface area contributed by atoms with Crippen molar-refractivity contribution in [3.63, 3.8) is 0 Å². The molecule has 2 heterocycles. The number of nitrogens with one attached hydrogen (secondary N) is 2. The summed E-state index contributed by atoms with van der Waals surface area (Å²) in [5.41, 5.74) is 2.48. The standard InChI is InChI=1S/C26H26N4O3/c31-25(27-19-10-12-22(13-11-19)33-21-6-2-1-3-7-21)18-29-16-14-20(15-17-29)30-24-9-5-4-8-23(24)28-26(30)32/h1-13,20H,14-18H2,(H,27,31)(H,28,32). The van der Waals surface area contributed by atoms with Crippen LogP contribution in [-0.2, 0) is 4.79 Å². The molecule has 3 aromatic carbocycles. The molecule has 5 rings (SSSR count). The number of hydrogen-bond donors (Lipinski definition) is 2. The number of aromatic amines is 1. The third kappa shape index (κ3) is 4.83. The maximum atomic E-state index is 12.6. The van der Waals surface area contributed by atoms with Gasteiger partial charge in [-0.05, 0) is 61.4 Å². The molecule has 1 amide bonds. The van der Waals surface area contributed by atoms with Gasteiger partial charge in [0.25, 0.3) is 0 Å². The van der Waals surface area contributed by atoms with E-state index in [-0.39, 0.29) is 17.6 Å². The summed E-state index contributed by atoms with van der Waals surface area (Å²) in [6.07, 6.45) is 1.67. The molecule has 1 fully saturated rings. The van der Waals surface area contributed by atoms with E-state index in [1.165, 1.54) is 0 Å². The molecule has 0 radical (unpaired) electrons. The highest BCUT2D eigenvalue weighted by molar-refractivity contribution is 5.92. The number of carbonyl (C=O) groups is 1. The topological polar surface area (TPSA) is 79.4 Å². The van der Waals surface area contributed by atoms with Gasteiger partial charge in [-0.2, -0.15) is 0 Å². The molecule has 1 aliphatic heterocycles. The third-order valence-corrected chi connectivity index (χ3v) is 6.03. The lowest BCUT2D eigenvalue weighted by Gasteiger charge is -2.32. The zero-order valence-electron chi connectivity index (χ0n) is 18.2. The molecule has 0 atom stereocenters. The summed E-state index contributed by atoms with van der Waals surface area (Å²) in [6, 6.07) is 24.9. The molecule has 0 saturated carbocycles. The lowest BCUT2D eigenvalue weighted by molar-refractivity contribution is -0.117. The van der Waals surface area contributed by atoms with Crippen LogP contribution in [0, 0.1) is 0 Å². The highest BCUT2D eigenvalue weighted by Gasteiger charge is 2.24. The van der Waals surface area contributed by atoms with Crippen LogP contribution >= 0.6 is 0 Å². The van der Waals surface area contributed by atoms with Gasteiger partial charge in [-0.1, -0.05) is 30.3 Å². The first-order chi connectivity index (χ1) is 16.2. The van der Waals surface area contributed by atoms with Crippen LogP contribution in [0.5, 0.6) is 11.5 Å². The van der Waals surface area contributed by atoms with Gasteiger partial charge >= 0.3 is 5.69 Å². The molecule has 7 nitrogen and oxygen atoms in total. The molecule has 7 heteroatoms. The van der Waals surface area contributed by atoms with Gasteiger partial charge in [0.2, 0.25) is 5.91 Å². The fraction of sp³-hybridized carbons (Fsp3) is 0.231. The number of aromatic nitrogens is 2. The molecule has 0 bridgehead atoms. The van der Waals surface area contributed by atoms with Crippen LogP contribution in [0.2, 0.25) is 0 Å². The molecule has 0 unspecified atom stereocenters. The van der Waals surface area contributed by atoms with Crippen LogP contribution in [0.3, 0.4) is 0 Å². The first kappa shape index (κ1) is 21.0. The number of H-pyrrole nitrogens is 1. The van der Waals surface area contributed by atoms with E-state index in [9.17, 15) is 9.59 Å². The molecule has 4 aromatic rings. The number of amides is 1. The predicted molar refractivity (Wildman–Crippen MR) is 129 cm³/mol. The van der Waals surface area contributed by atoms with Gasteiger partial charge < -0.3 is 15.0 Å². The second-order valence-electron chi connectivity index (χ2n) is 8.31. The lowest BCUT2D eigenvalue weighted by Crippen LogP contribution is -2.40. The average molecular weight is 443 g/mol. The Morgan fingerprint density at radius 2 is 1.58 bits per heavy atom. The Balaban J connectivity index is 1.13. The Labute approximate surface area is 191 Å².